The van der Waals surface area contributed by atoms with Crippen LogP contribution in [0, 0.1) is 0 Å². The van der Waals surface area contributed by atoms with E-state index in [9.17, 15) is 15.0 Å². The summed E-state index contributed by atoms with van der Waals surface area (Å²) < 4.78 is 0. The number of aliphatic carboxylic acids is 1. The Kier molecular flexibility index (Phi) is 11.5. The van der Waals surface area contributed by atoms with Crippen molar-refractivity contribution in [2.24, 2.45) is 0 Å². The van der Waals surface area contributed by atoms with Crippen LogP contribution in [0.25, 0.3) is 0 Å². The van der Waals surface area contributed by atoms with Crippen LogP contribution in [0.3, 0.4) is 0 Å². The summed E-state index contributed by atoms with van der Waals surface area (Å²) in [5, 5.41) is 34.1. The minimum Gasteiger partial charge on any atom is -0.479 e. The second kappa shape index (κ2) is 10.5. The van der Waals surface area contributed by atoms with E-state index in [0.717, 1.165) is 19.4 Å². The number of rotatable bonds is 6. The summed E-state index contributed by atoms with van der Waals surface area (Å²) in [7, 11) is 0. The van der Waals surface area contributed by atoms with E-state index in [1.54, 1.807) is 18.7 Å². The molecule has 0 aromatic rings. The van der Waals surface area contributed by atoms with Gasteiger partial charge >= 0.3 is 5.97 Å². The zero-order valence-corrected chi connectivity index (χ0v) is 11.0. The number of aliphatic hydroxyl groups is 3. The Morgan fingerprint density at radius 2 is 1.47 bits per heavy atom. The van der Waals surface area contributed by atoms with Crippen LogP contribution >= 0.6 is 0 Å². The van der Waals surface area contributed by atoms with Crippen molar-refractivity contribution in [1.29, 1.82) is 0 Å². The molecule has 0 amide bonds. The molecule has 0 saturated carbocycles. The van der Waals surface area contributed by atoms with E-state index in [0.29, 0.717) is 0 Å². The molecule has 6 nitrogen and oxygen atoms in total. The van der Waals surface area contributed by atoms with Gasteiger partial charge in [0.2, 0.25) is 0 Å². The SMILES string of the molecule is CC(O)C(=O)O.CCCCN(C(C)O)C(C)O. The van der Waals surface area contributed by atoms with Crippen molar-refractivity contribution < 1.29 is 25.2 Å². The van der Waals surface area contributed by atoms with Crippen LogP contribution in [-0.2, 0) is 4.79 Å². The number of carboxylic acids is 1. The Bertz CT molecular complexity index is 186. The average Bonchev–Trinajstić information content (AvgIpc) is 2.17. The molecule has 6 heteroatoms. The molecule has 0 aromatic heterocycles. The Balaban J connectivity index is 0. The van der Waals surface area contributed by atoms with Crippen molar-refractivity contribution in [2.75, 3.05) is 6.54 Å². The van der Waals surface area contributed by atoms with E-state index >= 15 is 0 Å². The number of aliphatic hydroxyl groups excluding tert-OH is 3. The average molecular weight is 251 g/mol. The van der Waals surface area contributed by atoms with Crippen molar-refractivity contribution >= 4 is 5.97 Å². The normalized spacial score (nSPS) is 15.8. The first-order valence-corrected chi connectivity index (χ1v) is 5.76. The van der Waals surface area contributed by atoms with Crippen molar-refractivity contribution in [1.82, 2.24) is 4.90 Å². The summed E-state index contributed by atoms with van der Waals surface area (Å²) in [5.74, 6) is -1.19. The minimum absolute atomic E-state index is 0.554. The fourth-order valence-electron chi connectivity index (χ4n) is 1.03. The Labute approximate surface area is 102 Å². The lowest BCUT2D eigenvalue weighted by atomic mass is 10.3. The molecule has 0 aliphatic rings. The van der Waals surface area contributed by atoms with Gasteiger partial charge in [-0.2, -0.15) is 0 Å². The first-order chi connectivity index (χ1) is 7.73. The molecule has 3 atom stereocenters. The highest BCUT2D eigenvalue weighted by Gasteiger charge is 2.14. The molecule has 4 N–H and O–H groups in total. The fraction of sp³-hybridized carbons (Fsp3) is 0.909. The number of hydrogen-bond acceptors (Lipinski definition) is 5. The molecule has 104 valence electrons. The molecule has 0 saturated heterocycles. The lowest BCUT2D eigenvalue weighted by Gasteiger charge is -2.27. The van der Waals surface area contributed by atoms with Gasteiger partial charge in [-0.1, -0.05) is 13.3 Å². The van der Waals surface area contributed by atoms with E-state index in [4.69, 9.17) is 10.2 Å². The van der Waals surface area contributed by atoms with E-state index < -0.39 is 24.5 Å². The topological polar surface area (TPSA) is 101 Å². The zero-order valence-electron chi connectivity index (χ0n) is 11.0. The van der Waals surface area contributed by atoms with Gasteiger partial charge in [-0.3, -0.25) is 4.90 Å². The molecule has 0 rings (SSSR count). The van der Waals surface area contributed by atoms with Crippen LogP contribution in [0.1, 0.15) is 40.5 Å². The van der Waals surface area contributed by atoms with Gasteiger partial charge in [0, 0.05) is 6.54 Å². The smallest absolute Gasteiger partial charge is 0.332 e. The third-order valence-electron chi connectivity index (χ3n) is 2.09. The van der Waals surface area contributed by atoms with Crippen molar-refractivity contribution in [3.05, 3.63) is 0 Å². The summed E-state index contributed by atoms with van der Waals surface area (Å²) in [6.45, 7) is 7.38. The van der Waals surface area contributed by atoms with Gasteiger partial charge in [-0.05, 0) is 27.2 Å². The largest absolute Gasteiger partial charge is 0.479 e. The van der Waals surface area contributed by atoms with Crippen molar-refractivity contribution in [2.45, 2.75) is 59.1 Å². The lowest BCUT2D eigenvalue weighted by molar-refractivity contribution is -0.145. The molecule has 0 radical (unpaired) electrons. The van der Waals surface area contributed by atoms with E-state index in [1.165, 1.54) is 6.92 Å². The number of carbonyl (C=O) groups is 1. The second-order valence-electron chi connectivity index (χ2n) is 3.87. The van der Waals surface area contributed by atoms with Gasteiger partial charge in [0.25, 0.3) is 0 Å². The fourth-order valence-corrected chi connectivity index (χ4v) is 1.03. The monoisotopic (exact) mass is 251 g/mol. The third-order valence-corrected chi connectivity index (χ3v) is 2.09. The van der Waals surface area contributed by atoms with Crippen LogP contribution < -0.4 is 0 Å². The molecular weight excluding hydrogens is 226 g/mol. The standard InChI is InChI=1S/C8H19NO2.C3H6O3/c1-4-5-6-9(7(2)10)8(3)11;1-2(4)3(5)6/h7-8,10-11H,4-6H2,1-3H3;2,4H,1H3,(H,5,6). The quantitative estimate of drug-likeness (QED) is 0.504. The first-order valence-electron chi connectivity index (χ1n) is 5.76. The predicted octanol–water partition coefficient (Wildman–Crippen LogP) is 0.217. The molecule has 0 aliphatic heterocycles. The number of unbranched alkanes of at least 4 members (excludes halogenated alkanes) is 1. The highest BCUT2D eigenvalue weighted by Crippen LogP contribution is 2.03. The van der Waals surface area contributed by atoms with E-state index in [2.05, 4.69) is 6.92 Å². The van der Waals surface area contributed by atoms with Crippen LogP contribution in [0.4, 0.5) is 0 Å². The molecule has 0 aliphatic carbocycles. The summed E-state index contributed by atoms with van der Waals surface area (Å²) in [4.78, 5) is 11.1. The van der Waals surface area contributed by atoms with Crippen LogP contribution in [0.2, 0.25) is 0 Å². The molecule has 0 bridgehead atoms. The van der Waals surface area contributed by atoms with Crippen molar-refractivity contribution in [3.63, 3.8) is 0 Å². The second-order valence-corrected chi connectivity index (χ2v) is 3.87. The molecular formula is C11H25NO5. The van der Waals surface area contributed by atoms with Gasteiger partial charge < -0.3 is 20.4 Å². The predicted molar refractivity (Wildman–Crippen MR) is 64.3 cm³/mol. The minimum atomic E-state index is -1.23. The van der Waals surface area contributed by atoms with Crippen molar-refractivity contribution in [3.8, 4) is 0 Å². The maximum atomic E-state index is 9.45. The lowest BCUT2D eigenvalue weighted by Crippen LogP contribution is -2.40. The molecule has 0 heterocycles. The summed E-state index contributed by atoms with van der Waals surface area (Å²) >= 11 is 0. The highest BCUT2D eigenvalue weighted by molar-refractivity contribution is 5.71. The van der Waals surface area contributed by atoms with Crippen LogP contribution in [0.15, 0.2) is 0 Å². The first kappa shape index (κ1) is 18.7. The maximum Gasteiger partial charge on any atom is 0.332 e. The molecule has 0 aromatic carbocycles. The Morgan fingerprint density at radius 1 is 1.12 bits per heavy atom. The van der Waals surface area contributed by atoms with Gasteiger partial charge in [0.05, 0.1) is 0 Å². The number of hydrogen-bond donors (Lipinski definition) is 4. The zero-order chi connectivity index (χ0) is 14.0. The third kappa shape index (κ3) is 11.6. The number of nitrogens with zero attached hydrogens (tertiary/aromatic N) is 1. The van der Waals surface area contributed by atoms with E-state index in [1.807, 2.05) is 0 Å². The van der Waals surface area contributed by atoms with Gasteiger partial charge in [-0.25, -0.2) is 4.79 Å². The molecule has 0 spiro atoms. The molecule has 0 fully saturated rings. The van der Waals surface area contributed by atoms with Crippen LogP contribution in [0.5, 0.6) is 0 Å². The summed E-state index contributed by atoms with van der Waals surface area (Å²) in [5.41, 5.74) is 0. The Morgan fingerprint density at radius 3 is 1.65 bits per heavy atom. The maximum absolute atomic E-state index is 9.45. The number of carboxylic acid groups (broad SMARTS) is 1. The highest BCUT2D eigenvalue weighted by atomic mass is 16.4. The van der Waals surface area contributed by atoms with Crippen LogP contribution in [-0.4, -0.2) is 56.4 Å². The van der Waals surface area contributed by atoms with E-state index in [-0.39, 0.29) is 0 Å². The summed E-state index contributed by atoms with van der Waals surface area (Å²) in [6.07, 6.45) is -0.251. The van der Waals surface area contributed by atoms with Gasteiger partial charge in [-0.15, -0.1) is 0 Å². The summed E-state index contributed by atoms with van der Waals surface area (Å²) in [6, 6.07) is 0. The molecule has 17 heavy (non-hydrogen) atoms. The van der Waals surface area contributed by atoms with Gasteiger partial charge in [0.15, 0.2) is 0 Å². The molecule has 3 unspecified atom stereocenters. The Hall–Kier alpha value is -0.690. The van der Waals surface area contributed by atoms with Gasteiger partial charge in [0.1, 0.15) is 18.6 Å².